The summed E-state index contributed by atoms with van der Waals surface area (Å²) in [5, 5.41) is 9.40. The zero-order valence-corrected chi connectivity index (χ0v) is 8.50. The molecule has 82 valence electrons. The minimum Gasteiger partial charge on any atom is -0.504 e. The smallest absolute Gasteiger partial charge is 0.207 e. The second-order valence-electron chi connectivity index (χ2n) is 3.06. The lowest BCUT2D eigenvalue weighted by molar-refractivity contribution is 0.0998. The number of ketones is 1. The third-order valence-corrected chi connectivity index (χ3v) is 2.07. The number of phenolic OH excluding ortho intramolecular Hbond substituents is 1. The van der Waals surface area contributed by atoms with Crippen LogP contribution in [-0.4, -0.2) is 24.5 Å². The van der Waals surface area contributed by atoms with Crippen LogP contribution in [0.15, 0.2) is 6.07 Å². The van der Waals surface area contributed by atoms with Crippen molar-refractivity contribution >= 4 is 5.78 Å². The molecule has 0 radical (unpaired) electrons. The Labute approximate surface area is 86.5 Å². The number of aromatic hydroxyl groups is 1. The highest BCUT2D eigenvalue weighted by Gasteiger charge is 2.19. The molecule has 3 N–H and O–H groups in total. The molecule has 0 aliphatic heterocycles. The van der Waals surface area contributed by atoms with Gasteiger partial charge in [0, 0.05) is 0 Å². The Balaban J connectivity index is 3.40. The summed E-state index contributed by atoms with van der Waals surface area (Å²) in [4.78, 5) is 11.2. The Bertz CT molecular complexity index is 404. The van der Waals surface area contributed by atoms with Crippen molar-refractivity contribution in [3.05, 3.63) is 23.0 Å². The van der Waals surface area contributed by atoms with Crippen molar-refractivity contribution in [3.8, 4) is 11.5 Å². The summed E-state index contributed by atoms with van der Waals surface area (Å²) >= 11 is 0. The van der Waals surface area contributed by atoms with Crippen molar-refractivity contribution in [3.63, 3.8) is 0 Å². The van der Waals surface area contributed by atoms with Crippen LogP contribution in [0.1, 0.15) is 15.9 Å². The first-order valence-electron chi connectivity index (χ1n) is 4.32. The van der Waals surface area contributed by atoms with Gasteiger partial charge in [0.1, 0.15) is 0 Å². The van der Waals surface area contributed by atoms with Crippen LogP contribution in [0.4, 0.5) is 4.39 Å². The normalized spacial score (nSPS) is 10.1. The topological polar surface area (TPSA) is 72.5 Å². The average Bonchev–Trinajstić information content (AvgIpc) is 2.23. The van der Waals surface area contributed by atoms with Gasteiger partial charge in [-0.3, -0.25) is 4.79 Å². The van der Waals surface area contributed by atoms with Crippen LogP contribution < -0.4 is 10.5 Å². The van der Waals surface area contributed by atoms with Crippen molar-refractivity contribution < 1.29 is 19.0 Å². The summed E-state index contributed by atoms with van der Waals surface area (Å²) in [6.45, 7) is 1.30. The van der Waals surface area contributed by atoms with Gasteiger partial charge in [0.05, 0.1) is 19.2 Å². The van der Waals surface area contributed by atoms with Gasteiger partial charge in [-0.2, -0.15) is 4.39 Å². The van der Waals surface area contributed by atoms with E-state index in [1.165, 1.54) is 13.2 Å². The number of benzene rings is 1. The van der Waals surface area contributed by atoms with E-state index in [-0.39, 0.29) is 17.9 Å². The summed E-state index contributed by atoms with van der Waals surface area (Å²) in [5.41, 5.74) is 5.45. The molecule has 4 nitrogen and oxygen atoms in total. The number of methoxy groups -OCH3 is 1. The van der Waals surface area contributed by atoms with Gasteiger partial charge >= 0.3 is 0 Å². The number of Topliss-reactive ketones (excluding diaryl/α,β-unsaturated/α-hetero) is 1. The van der Waals surface area contributed by atoms with Crippen molar-refractivity contribution in [1.29, 1.82) is 0 Å². The number of nitrogens with two attached hydrogens (primary N) is 1. The molecule has 0 heterocycles. The average molecular weight is 213 g/mol. The van der Waals surface area contributed by atoms with Crippen molar-refractivity contribution in [2.24, 2.45) is 5.73 Å². The third kappa shape index (κ3) is 1.92. The van der Waals surface area contributed by atoms with Crippen LogP contribution >= 0.6 is 0 Å². The van der Waals surface area contributed by atoms with Crippen LogP contribution in [0.5, 0.6) is 11.5 Å². The van der Waals surface area contributed by atoms with Crippen LogP contribution in [0.2, 0.25) is 0 Å². The van der Waals surface area contributed by atoms with E-state index in [1.54, 1.807) is 6.92 Å². The molecule has 0 aromatic heterocycles. The van der Waals surface area contributed by atoms with Crippen LogP contribution in [0.3, 0.4) is 0 Å². The first-order valence-corrected chi connectivity index (χ1v) is 4.32. The predicted molar refractivity (Wildman–Crippen MR) is 52.7 cm³/mol. The second-order valence-corrected chi connectivity index (χ2v) is 3.06. The number of ether oxygens (including phenoxy) is 1. The van der Waals surface area contributed by atoms with Gasteiger partial charge in [-0.1, -0.05) is 0 Å². The van der Waals surface area contributed by atoms with Gasteiger partial charge in [0.25, 0.3) is 0 Å². The van der Waals surface area contributed by atoms with E-state index in [1.807, 2.05) is 0 Å². The van der Waals surface area contributed by atoms with E-state index in [2.05, 4.69) is 0 Å². The SMILES string of the molecule is COc1c(C)cc(C(=O)CN)c(O)c1F. The van der Waals surface area contributed by atoms with Crippen LogP contribution in [0.25, 0.3) is 0 Å². The summed E-state index contributed by atoms with van der Waals surface area (Å²) in [5.74, 6) is -2.24. The molecule has 0 saturated heterocycles. The maximum atomic E-state index is 13.5. The molecular formula is C10H12FNO3. The summed E-state index contributed by atoms with van der Waals surface area (Å²) in [7, 11) is 1.29. The Morgan fingerprint density at radius 2 is 2.27 bits per heavy atom. The molecule has 0 fully saturated rings. The Morgan fingerprint density at radius 3 is 2.73 bits per heavy atom. The first kappa shape index (κ1) is 11.5. The van der Waals surface area contributed by atoms with E-state index >= 15 is 0 Å². The molecule has 0 aliphatic rings. The minimum absolute atomic E-state index is 0.0685. The Kier molecular flexibility index (Phi) is 3.26. The number of carbonyl (C=O) groups excluding carboxylic acids is 1. The van der Waals surface area contributed by atoms with Crippen molar-refractivity contribution in [1.82, 2.24) is 0 Å². The van der Waals surface area contributed by atoms with E-state index < -0.39 is 17.3 Å². The standard InChI is InChI=1S/C10H12FNO3/c1-5-3-6(7(13)4-12)9(14)8(11)10(5)15-2/h3,14H,4,12H2,1-2H3. The molecule has 15 heavy (non-hydrogen) atoms. The Hall–Kier alpha value is -1.62. The molecule has 0 spiro atoms. The summed E-state index contributed by atoms with van der Waals surface area (Å²) in [6.07, 6.45) is 0. The van der Waals surface area contributed by atoms with Crippen LogP contribution in [-0.2, 0) is 0 Å². The Morgan fingerprint density at radius 1 is 1.67 bits per heavy atom. The zero-order valence-electron chi connectivity index (χ0n) is 8.50. The quantitative estimate of drug-likeness (QED) is 0.734. The fraction of sp³-hybridized carbons (Fsp3) is 0.300. The minimum atomic E-state index is -0.936. The number of rotatable bonds is 3. The predicted octanol–water partition coefficient (Wildman–Crippen LogP) is 0.990. The maximum absolute atomic E-state index is 13.5. The molecule has 5 heteroatoms. The largest absolute Gasteiger partial charge is 0.504 e. The second kappa shape index (κ2) is 4.27. The van der Waals surface area contributed by atoms with E-state index in [9.17, 15) is 14.3 Å². The lowest BCUT2D eigenvalue weighted by atomic mass is 10.0. The lowest BCUT2D eigenvalue weighted by Gasteiger charge is -2.10. The number of phenols is 1. The van der Waals surface area contributed by atoms with Crippen LogP contribution in [0, 0.1) is 12.7 Å². The molecule has 0 aliphatic carbocycles. The monoisotopic (exact) mass is 213 g/mol. The van der Waals surface area contributed by atoms with E-state index in [0.717, 1.165) is 0 Å². The van der Waals surface area contributed by atoms with Gasteiger partial charge < -0.3 is 15.6 Å². The highest BCUT2D eigenvalue weighted by molar-refractivity contribution is 6.00. The zero-order chi connectivity index (χ0) is 11.6. The molecule has 0 saturated carbocycles. The molecule has 0 unspecified atom stereocenters. The van der Waals surface area contributed by atoms with E-state index in [0.29, 0.717) is 5.56 Å². The fourth-order valence-corrected chi connectivity index (χ4v) is 1.32. The first-order chi connectivity index (χ1) is 7.02. The number of carbonyl (C=O) groups is 1. The molecule has 1 aromatic carbocycles. The van der Waals surface area contributed by atoms with Gasteiger partial charge in [-0.15, -0.1) is 0 Å². The van der Waals surface area contributed by atoms with Gasteiger partial charge in [0.15, 0.2) is 17.3 Å². The molecule has 0 bridgehead atoms. The molecule has 0 atom stereocenters. The van der Waals surface area contributed by atoms with E-state index in [4.69, 9.17) is 10.5 Å². The number of hydrogen-bond acceptors (Lipinski definition) is 4. The van der Waals surface area contributed by atoms with Gasteiger partial charge in [0.2, 0.25) is 5.82 Å². The number of aryl methyl sites for hydroxylation is 1. The molecular weight excluding hydrogens is 201 g/mol. The molecule has 1 rings (SSSR count). The highest BCUT2D eigenvalue weighted by atomic mass is 19.1. The van der Waals surface area contributed by atoms with Crippen molar-refractivity contribution in [2.75, 3.05) is 13.7 Å². The van der Waals surface area contributed by atoms with Gasteiger partial charge in [-0.05, 0) is 18.6 Å². The summed E-state index contributed by atoms with van der Waals surface area (Å²) < 4.78 is 18.2. The number of hydrogen-bond donors (Lipinski definition) is 2. The maximum Gasteiger partial charge on any atom is 0.207 e. The summed E-state index contributed by atoms with van der Waals surface area (Å²) in [6, 6.07) is 1.35. The fourth-order valence-electron chi connectivity index (χ4n) is 1.32. The molecule has 1 aromatic rings. The van der Waals surface area contributed by atoms with Crippen molar-refractivity contribution in [2.45, 2.75) is 6.92 Å². The lowest BCUT2D eigenvalue weighted by Crippen LogP contribution is -2.14. The number of halogens is 1. The third-order valence-electron chi connectivity index (χ3n) is 2.07. The molecule has 0 amide bonds. The van der Waals surface area contributed by atoms with Gasteiger partial charge in [-0.25, -0.2) is 0 Å². The highest BCUT2D eigenvalue weighted by Crippen LogP contribution is 2.32.